The summed E-state index contributed by atoms with van der Waals surface area (Å²) in [6, 6.07) is 0.309. The van der Waals surface area contributed by atoms with Crippen molar-refractivity contribution in [2.24, 2.45) is 5.92 Å². The molecule has 0 aliphatic heterocycles. The largest absolute Gasteiger partial charge is 0.353 e. The number of rotatable bonds is 8. The van der Waals surface area contributed by atoms with Crippen molar-refractivity contribution in [1.82, 2.24) is 15.1 Å². The highest BCUT2D eigenvalue weighted by molar-refractivity contribution is 5.76. The van der Waals surface area contributed by atoms with E-state index in [1.807, 2.05) is 6.92 Å². The van der Waals surface area contributed by atoms with Crippen molar-refractivity contribution in [3.8, 4) is 0 Å². The van der Waals surface area contributed by atoms with Gasteiger partial charge in [0, 0.05) is 24.7 Å². The van der Waals surface area contributed by atoms with E-state index in [4.69, 9.17) is 0 Å². The van der Waals surface area contributed by atoms with Gasteiger partial charge in [-0.05, 0) is 44.6 Å². The highest BCUT2D eigenvalue weighted by atomic mass is 16.1. The van der Waals surface area contributed by atoms with Crippen LogP contribution in [0, 0.1) is 19.8 Å². The average molecular weight is 293 g/mol. The molecule has 0 radical (unpaired) electrons. The van der Waals surface area contributed by atoms with E-state index in [2.05, 4.69) is 49.7 Å². The topological polar surface area (TPSA) is 46.9 Å². The first-order valence-electron chi connectivity index (χ1n) is 8.21. The number of hydrogen-bond acceptors (Lipinski definition) is 2. The Morgan fingerprint density at radius 3 is 2.38 bits per heavy atom. The third-order valence-electron chi connectivity index (χ3n) is 4.02. The van der Waals surface area contributed by atoms with Crippen LogP contribution in [-0.4, -0.2) is 21.7 Å². The van der Waals surface area contributed by atoms with Crippen molar-refractivity contribution in [3.05, 3.63) is 17.0 Å². The number of hydrogen-bond donors (Lipinski definition) is 1. The quantitative estimate of drug-likeness (QED) is 0.798. The Hall–Kier alpha value is -1.32. The lowest BCUT2D eigenvalue weighted by Crippen LogP contribution is -2.33. The Morgan fingerprint density at radius 2 is 1.86 bits per heavy atom. The van der Waals surface area contributed by atoms with E-state index in [-0.39, 0.29) is 5.91 Å². The zero-order valence-corrected chi connectivity index (χ0v) is 14.5. The molecule has 1 amide bonds. The summed E-state index contributed by atoms with van der Waals surface area (Å²) in [5, 5.41) is 7.70. The first-order valence-corrected chi connectivity index (χ1v) is 8.21. The van der Waals surface area contributed by atoms with Crippen molar-refractivity contribution in [1.29, 1.82) is 0 Å². The fraction of sp³-hybridized carbons (Fsp3) is 0.765. The Labute approximate surface area is 129 Å². The van der Waals surface area contributed by atoms with E-state index in [1.165, 1.54) is 11.3 Å². The first-order chi connectivity index (χ1) is 9.88. The summed E-state index contributed by atoms with van der Waals surface area (Å²) < 4.78 is 2.08. The van der Waals surface area contributed by atoms with Gasteiger partial charge in [0.1, 0.15) is 0 Å². The van der Waals surface area contributed by atoms with Crippen molar-refractivity contribution in [3.63, 3.8) is 0 Å². The van der Waals surface area contributed by atoms with E-state index in [9.17, 15) is 4.79 Å². The fourth-order valence-corrected chi connectivity index (χ4v) is 2.65. The van der Waals surface area contributed by atoms with Crippen molar-refractivity contribution in [2.45, 2.75) is 79.8 Å². The van der Waals surface area contributed by atoms with Gasteiger partial charge in [-0.2, -0.15) is 5.10 Å². The number of nitrogens with zero attached hydrogens (tertiary/aromatic N) is 2. The predicted octanol–water partition coefficient (Wildman–Crippen LogP) is 3.39. The molecular weight excluding hydrogens is 262 g/mol. The molecule has 0 spiro atoms. The average Bonchev–Trinajstić information content (AvgIpc) is 2.68. The molecule has 0 saturated carbocycles. The van der Waals surface area contributed by atoms with E-state index in [0.717, 1.165) is 31.5 Å². The SMILES string of the molecule is CCC(CC)NC(=O)CCc1c(C)nn(CC(C)C)c1C. The highest BCUT2D eigenvalue weighted by Gasteiger charge is 2.14. The lowest BCUT2D eigenvalue weighted by Gasteiger charge is -2.14. The third-order valence-corrected chi connectivity index (χ3v) is 4.02. The number of carbonyl (C=O) groups excluding carboxylic acids is 1. The molecule has 0 aromatic carbocycles. The molecule has 1 N–H and O–H groups in total. The standard InChI is InChI=1S/C17H31N3O/c1-7-15(8-2)18-17(21)10-9-16-13(5)19-20(14(16)6)11-12(3)4/h12,15H,7-11H2,1-6H3,(H,18,21). The second-order valence-electron chi connectivity index (χ2n) is 6.31. The molecule has 0 aliphatic carbocycles. The number of aryl methyl sites for hydroxylation is 1. The van der Waals surface area contributed by atoms with Crippen molar-refractivity contribution in [2.75, 3.05) is 0 Å². The maximum Gasteiger partial charge on any atom is 0.220 e. The van der Waals surface area contributed by atoms with Gasteiger partial charge < -0.3 is 5.32 Å². The summed E-state index contributed by atoms with van der Waals surface area (Å²) in [7, 11) is 0. The third kappa shape index (κ3) is 5.18. The summed E-state index contributed by atoms with van der Waals surface area (Å²) in [5.41, 5.74) is 3.50. The van der Waals surface area contributed by atoms with Crippen LogP contribution >= 0.6 is 0 Å². The molecule has 120 valence electrons. The van der Waals surface area contributed by atoms with Gasteiger partial charge in [-0.3, -0.25) is 9.48 Å². The van der Waals surface area contributed by atoms with Crippen LogP contribution in [0.5, 0.6) is 0 Å². The van der Waals surface area contributed by atoms with Crippen molar-refractivity contribution < 1.29 is 4.79 Å². The molecule has 4 heteroatoms. The van der Waals surface area contributed by atoms with E-state index >= 15 is 0 Å². The van der Waals surface area contributed by atoms with Gasteiger partial charge in [-0.25, -0.2) is 0 Å². The smallest absolute Gasteiger partial charge is 0.220 e. The number of carbonyl (C=O) groups is 1. The molecule has 0 aliphatic rings. The zero-order valence-electron chi connectivity index (χ0n) is 14.5. The lowest BCUT2D eigenvalue weighted by atomic mass is 10.1. The molecule has 0 bridgehead atoms. The Kier molecular flexibility index (Phi) is 6.93. The van der Waals surface area contributed by atoms with E-state index in [0.29, 0.717) is 18.4 Å². The minimum absolute atomic E-state index is 0.152. The minimum Gasteiger partial charge on any atom is -0.353 e. The molecule has 0 fully saturated rings. The van der Waals surface area contributed by atoms with Crippen LogP contribution in [0.3, 0.4) is 0 Å². The van der Waals surface area contributed by atoms with Gasteiger partial charge in [0.15, 0.2) is 0 Å². The predicted molar refractivity (Wildman–Crippen MR) is 87.4 cm³/mol. The van der Waals surface area contributed by atoms with E-state index < -0.39 is 0 Å². The molecule has 1 heterocycles. The Morgan fingerprint density at radius 1 is 1.24 bits per heavy atom. The number of amides is 1. The summed E-state index contributed by atoms with van der Waals surface area (Å²) in [4.78, 5) is 12.0. The van der Waals surface area contributed by atoms with Gasteiger partial charge >= 0.3 is 0 Å². The monoisotopic (exact) mass is 293 g/mol. The van der Waals surface area contributed by atoms with Crippen LogP contribution in [0.25, 0.3) is 0 Å². The molecule has 0 atom stereocenters. The molecule has 0 unspecified atom stereocenters. The Bertz CT molecular complexity index is 459. The van der Waals surface area contributed by atoms with Crippen molar-refractivity contribution >= 4 is 5.91 Å². The summed E-state index contributed by atoms with van der Waals surface area (Å²) in [6.07, 6.45) is 3.31. The summed E-state index contributed by atoms with van der Waals surface area (Å²) in [5.74, 6) is 0.730. The van der Waals surface area contributed by atoms with Crippen LogP contribution < -0.4 is 5.32 Å². The Balaban J connectivity index is 2.63. The van der Waals surface area contributed by atoms with Crippen LogP contribution in [0.2, 0.25) is 0 Å². The number of aromatic nitrogens is 2. The maximum atomic E-state index is 12.0. The van der Waals surface area contributed by atoms with Gasteiger partial charge in [-0.15, -0.1) is 0 Å². The summed E-state index contributed by atoms with van der Waals surface area (Å²) in [6.45, 7) is 13.7. The molecule has 21 heavy (non-hydrogen) atoms. The normalized spacial score (nSPS) is 11.4. The summed E-state index contributed by atoms with van der Waals surface area (Å²) >= 11 is 0. The molecule has 1 aromatic heterocycles. The lowest BCUT2D eigenvalue weighted by molar-refractivity contribution is -0.121. The van der Waals surface area contributed by atoms with Gasteiger partial charge in [0.2, 0.25) is 5.91 Å². The van der Waals surface area contributed by atoms with Gasteiger partial charge in [0.25, 0.3) is 0 Å². The molecule has 4 nitrogen and oxygen atoms in total. The molecular formula is C17H31N3O. The second kappa shape index (κ2) is 8.20. The van der Waals surface area contributed by atoms with Crippen LogP contribution in [0.1, 0.15) is 63.9 Å². The second-order valence-corrected chi connectivity index (χ2v) is 6.31. The minimum atomic E-state index is 0.152. The molecule has 1 rings (SSSR count). The number of nitrogens with one attached hydrogen (secondary N) is 1. The van der Waals surface area contributed by atoms with Gasteiger partial charge in [0.05, 0.1) is 5.69 Å². The first kappa shape index (κ1) is 17.7. The highest BCUT2D eigenvalue weighted by Crippen LogP contribution is 2.16. The van der Waals surface area contributed by atoms with Crippen LogP contribution in [0.15, 0.2) is 0 Å². The van der Waals surface area contributed by atoms with Crippen LogP contribution in [0.4, 0.5) is 0 Å². The van der Waals surface area contributed by atoms with E-state index in [1.54, 1.807) is 0 Å². The van der Waals surface area contributed by atoms with Gasteiger partial charge in [-0.1, -0.05) is 27.7 Å². The molecule has 1 aromatic rings. The zero-order chi connectivity index (χ0) is 16.0. The molecule has 0 saturated heterocycles. The fourth-order valence-electron chi connectivity index (χ4n) is 2.65. The maximum absolute atomic E-state index is 12.0. The van der Waals surface area contributed by atoms with Crippen LogP contribution in [-0.2, 0) is 17.8 Å².